The third-order valence-electron chi connectivity index (χ3n) is 3.90. The molecule has 1 saturated heterocycles. The number of carbonyl (C=O) groups is 1. The van der Waals surface area contributed by atoms with Crippen molar-refractivity contribution in [3.05, 3.63) is 58.6 Å². The molecule has 1 atom stereocenters. The third-order valence-corrected chi connectivity index (χ3v) is 4.14. The molecule has 164 valence electrons. The van der Waals surface area contributed by atoms with E-state index in [1.54, 1.807) is 25.1 Å². The second-order valence-corrected chi connectivity index (χ2v) is 6.66. The van der Waals surface area contributed by atoms with Crippen LogP contribution in [0.3, 0.4) is 0 Å². The van der Waals surface area contributed by atoms with E-state index in [4.69, 9.17) is 31.0 Å². The third kappa shape index (κ3) is 6.74. The van der Waals surface area contributed by atoms with Gasteiger partial charge in [-0.15, -0.1) is 0 Å². The van der Waals surface area contributed by atoms with Gasteiger partial charge in [-0.3, -0.25) is 0 Å². The first-order valence-electron chi connectivity index (χ1n) is 8.56. The Kier molecular flexibility index (Phi) is 7.85. The number of aliphatic carboxylic acids is 1. The number of benzene rings is 2. The minimum Gasteiger partial charge on any atom is -0.484 e. The molecule has 1 aliphatic rings. The largest absolute Gasteiger partial charge is 0.490 e. The summed E-state index contributed by atoms with van der Waals surface area (Å²) in [5.41, 5.74) is 0.537. The lowest BCUT2D eigenvalue weighted by molar-refractivity contribution is -0.192. The molecule has 1 heterocycles. The number of alkyl halides is 3. The van der Waals surface area contributed by atoms with E-state index < -0.39 is 29.9 Å². The van der Waals surface area contributed by atoms with E-state index in [1.165, 1.54) is 6.07 Å². The van der Waals surface area contributed by atoms with Gasteiger partial charge in [-0.25, -0.2) is 13.6 Å². The smallest absolute Gasteiger partial charge is 0.484 e. The number of carboxylic acid groups (broad SMARTS) is 1. The molecule has 0 aliphatic carbocycles. The molecule has 2 aromatic carbocycles. The Morgan fingerprint density at radius 3 is 2.27 bits per heavy atom. The van der Waals surface area contributed by atoms with Gasteiger partial charge in [0.15, 0.2) is 23.1 Å². The first kappa shape index (κ1) is 23.7. The Balaban J connectivity index is 0.000000396. The molecule has 11 heteroatoms. The zero-order valence-electron chi connectivity index (χ0n) is 15.5. The summed E-state index contributed by atoms with van der Waals surface area (Å²) in [6.45, 7) is 3.30. The van der Waals surface area contributed by atoms with Crippen LogP contribution in [0.4, 0.5) is 22.0 Å². The highest BCUT2D eigenvalue weighted by Gasteiger charge is 2.38. The molecule has 0 aromatic heterocycles. The topological polar surface area (TPSA) is 67.8 Å². The monoisotopic (exact) mass is 453 g/mol. The van der Waals surface area contributed by atoms with E-state index in [0.717, 1.165) is 25.2 Å². The number of hydrogen-bond donors (Lipinski definition) is 2. The van der Waals surface area contributed by atoms with Crippen LogP contribution in [0.2, 0.25) is 5.02 Å². The summed E-state index contributed by atoms with van der Waals surface area (Å²) in [5, 5.41) is 10.8. The predicted octanol–water partition coefficient (Wildman–Crippen LogP) is 4.74. The van der Waals surface area contributed by atoms with Gasteiger partial charge in [-0.1, -0.05) is 17.7 Å². The molecule has 0 bridgehead atoms. The summed E-state index contributed by atoms with van der Waals surface area (Å²) in [6.07, 6.45) is -5.47. The van der Waals surface area contributed by atoms with Gasteiger partial charge in [-0.05, 0) is 36.8 Å². The number of rotatable bonds is 5. The maximum absolute atomic E-state index is 13.4. The van der Waals surface area contributed by atoms with Crippen LogP contribution in [0, 0.1) is 11.6 Å². The van der Waals surface area contributed by atoms with Gasteiger partial charge in [0, 0.05) is 24.2 Å². The molecule has 5 nitrogen and oxygen atoms in total. The second kappa shape index (κ2) is 9.94. The molecule has 2 N–H and O–H groups in total. The predicted molar refractivity (Wildman–Crippen MR) is 97.8 cm³/mol. The van der Waals surface area contributed by atoms with E-state index in [1.807, 2.05) is 0 Å². The van der Waals surface area contributed by atoms with Crippen LogP contribution in [0.1, 0.15) is 18.6 Å². The Bertz CT molecular complexity index is 890. The maximum atomic E-state index is 13.4. The first-order valence-corrected chi connectivity index (χ1v) is 8.93. The Morgan fingerprint density at radius 1 is 1.13 bits per heavy atom. The van der Waals surface area contributed by atoms with Gasteiger partial charge in [0.2, 0.25) is 0 Å². The first-order chi connectivity index (χ1) is 14.0. The van der Waals surface area contributed by atoms with E-state index in [0.29, 0.717) is 22.1 Å². The lowest BCUT2D eigenvalue weighted by Gasteiger charge is -2.29. The summed E-state index contributed by atoms with van der Waals surface area (Å²) in [7, 11) is 0. The van der Waals surface area contributed by atoms with Crippen molar-refractivity contribution in [2.45, 2.75) is 25.3 Å². The SMILES string of the molecule is CC(Oc1ccc(Cl)cc1OC1CNC1)c1ccc(F)c(F)c1.O=C(O)C(F)(F)F. The van der Waals surface area contributed by atoms with Gasteiger partial charge in [0.1, 0.15) is 12.2 Å². The molecule has 30 heavy (non-hydrogen) atoms. The highest BCUT2D eigenvalue weighted by molar-refractivity contribution is 6.30. The molecule has 1 unspecified atom stereocenters. The minimum atomic E-state index is -5.08. The Hall–Kier alpha value is -2.59. The van der Waals surface area contributed by atoms with Crippen LogP contribution < -0.4 is 14.8 Å². The molecule has 2 aromatic rings. The fraction of sp³-hybridized carbons (Fsp3) is 0.316. The maximum Gasteiger partial charge on any atom is 0.490 e. The highest BCUT2D eigenvalue weighted by Crippen LogP contribution is 2.35. The lowest BCUT2D eigenvalue weighted by Crippen LogP contribution is -2.50. The molecule has 0 spiro atoms. The van der Waals surface area contributed by atoms with Crippen molar-refractivity contribution >= 4 is 17.6 Å². The summed E-state index contributed by atoms with van der Waals surface area (Å²) in [5.74, 6) is -3.48. The molecule has 1 fully saturated rings. The number of carboxylic acids is 1. The lowest BCUT2D eigenvalue weighted by atomic mass is 10.1. The molecule has 3 rings (SSSR count). The summed E-state index contributed by atoms with van der Waals surface area (Å²) < 4.78 is 69.8. The number of ether oxygens (including phenoxy) is 2. The van der Waals surface area contributed by atoms with Crippen LogP contribution in [0.25, 0.3) is 0 Å². The number of halogens is 6. The summed E-state index contributed by atoms with van der Waals surface area (Å²) in [4.78, 5) is 8.90. The normalized spacial score (nSPS) is 14.8. The fourth-order valence-electron chi connectivity index (χ4n) is 2.22. The molecular weight excluding hydrogens is 437 g/mol. The van der Waals surface area contributed by atoms with Crippen LogP contribution in [0.15, 0.2) is 36.4 Å². The summed E-state index contributed by atoms with van der Waals surface area (Å²) >= 11 is 6.01. The minimum absolute atomic E-state index is 0.0781. The Morgan fingerprint density at radius 2 is 1.77 bits per heavy atom. The van der Waals surface area contributed by atoms with E-state index in [9.17, 15) is 22.0 Å². The quantitative estimate of drug-likeness (QED) is 0.640. The van der Waals surface area contributed by atoms with Gasteiger partial charge in [0.05, 0.1) is 0 Å². The van der Waals surface area contributed by atoms with Gasteiger partial charge in [0.25, 0.3) is 0 Å². The van der Waals surface area contributed by atoms with Crippen molar-refractivity contribution in [2.75, 3.05) is 13.1 Å². The van der Waals surface area contributed by atoms with Crippen LogP contribution in [-0.2, 0) is 4.79 Å². The zero-order valence-corrected chi connectivity index (χ0v) is 16.2. The fourth-order valence-corrected chi connectivity index (χ4v) is 2.38. The number of nitrogens with one attached hydrogen (secondary N) is 1. The molecule has 0 amide bonds. The highest BCUT2D eigenvalue weighted by atomic mass is 35.5. The van der Waals surface area contributed by atoms with Crippen molar-refractivity contribution in [2.24, 2.45) is 0 Å². The molecule has 0 saturated carbocycles. The second-order valence-electron chi connectivity index (χ2n) is 6.23. The van der Waals surface area contributed by atoms with Gasteiger partial charge >= 0.3 is 12.1 Å². The summed E-state index contributed by atoms with van der Waals surface area (Å²) in [6, 6.07) is 8.81. The van der Waals surface area contributed by atoms with E-state index >= 15 is 0 Å². The van der Waals surface area contributed by atoms with Crippen molar-refractivity contribution in [3.8, 4) is 11.5 Å². The molecule has 1 aliphatic heterocycles. The van der Waals surface area contributed by atoms with Crippen molar-refractivity contribution in [1.82, 2.24) is 5.32 Å². The van der Waals surface area contributed by atoms with E-state index in [-0.39, 0.29) is 6.10 Å². The average Bonchev–Trinajstić information content (AvgIpc) is 2.62. The van der Waals surface area contributed by atoms with Crippen LogP contribution >= 0.6 is 11.6 Å². The van der Waals surface area contributed by atoms with Crippen LogP contribution in [-0.4, -0.2) is 36.4 Å². The van der Waals surface area contributed by atoms with Crippen molar-refractivity contribution < 1.29 is 41.3 Å². The molecular formula is C19H17ClF5NO4. The van der Waals surface area contributed by atoms with Crippen LogP contribution in [0.5, 0.6) is 11.5 Å². The van der Waals surface area contributed by atoms with Crippen molar-refractivity contribution in [1.29, 1.82) is 0 Å². The zero-order chi connectivity index (χ0) is 22.5. The van der Waals surface area contributed by atoms with Gasteiger partial charge in [-0.2, -0.15) is 13.2 Å². The average molecular weight is 454 g/mol. The van der Waals surface area contributed by atoms with E-state index in [2.05, 4.69) is 5.32 Å². The number of hydrogen-bond acceptors (Lipinski definition) is 4. The van der Waals surface area contributed by atoms with Crippen molar-refractivity contribution in [3.63, 3.8) is 0 Å². The standard InChI is InChI=1S/C17H16ClF2NO2.C2HF3O2/c1-10(11-2-4-14(19)15(20)6-11)22-16-5-3-12(18)7-17(16)23-13-8-21-9-13;3-2(4,5)1(6)7/h2-7,10,13,21H,8-9H2,1H3;(H,6,7). The van der Waals surface area contributed by atoms with Gasteiger partial charge < -0.3 is 19.9 Å². The molecule has 0 radical (unpaired) electrons. The Labute approximate surface area is 173 Å².